The van der Waals surface area contributed by atoms with Crippen LogP contribution in [-0.4, -0.2) is 113 Å². The maximum atomic E-state index is 12.7. The minimum absolute atomic E-state index is 0. The van der Waals surface area contributed by atoms with Gasteiger partial charge in [-0.15, -0.1) is 0 Å². The Kier molecular flexibility index (Phi) is 12.3. The molecule has 6 atom stereocenters. The van der Waals surface area contributed by atoms with Crippen molar-refractivity contribution in [1.82, 2.24) is 25.8 Å². The van der Waals surface area contributed by atoms with Gasteiger partial charge in [0.15, 0.2) is 0 Å². The van der Waals surface area contributed by atoms with E-state index in [1.54, 1.807) is 0 Å². The number of hydrogen-bond acceptors (Lipinski definition) is 9. The number of nitrogens with zero attached hydrogens (tertiary/aromatic N) is 2. The average molecular weight is 572 g/mol. The van der Waals surface area contributed by atoms with Gasteiger partial charge in [0.25, 0.3) is 0 Å². The molecule has 5 aliphatic rings. The molecule has 0 spiro atoms. The molecule has 10 nitrogen and oxygen atoms in total. The third kappa shape index (κ3) is 9.33. The summed E-state index contributed by atoms with van der Waals surface area (Å²) in [5, 5.41) is 10.1. The smallest absolute Gasteiger partial charge is 0.239 e. The van der Waals surface area contributed by atoms with Gasteiger partial charge in [-0.25, -0.2) is 0 Å². The monoisotopic (exact) mass is 571 g/mol. The first-order chi connectivity index (χ1) is 19.6. The summed E-state index contributed by atoms with van der Waals surface area (Å²) in [5.41, 5.74) is 0. The number of carbonyl (C=O) groups excluding carboxylic acids is 1. The first kappa shape index (κ1) is 30.6. The summed E-state index contributed by atoms with van der Waals surface area (Å²) in [7, 11) is 2.20. The predicted octanol–water partition coefficient (Wildman–Crippen LogP) is 2.83. The largest absolute Gasteiger partial charge is 0.375 e. The van der Waals surface area contributed by atoms with Gasteiger partial charge in [-0.1, -0.05) is 0 Å². The number of ether oxygens (including phenoxy) is 4. The second-order valence-corrected chi connectivity index (χ2v) is 13.0. The van der Waals surface area contributed by atoms with E-state index in [4.69, 9.17) is 18.9 Å². The molecule has 236 valence electrons. The SMILES string of the molecule is CN1CCC(OC2CCCC(NCOCNCC3CCC4CN(C5CCCOCNC5=O)COCC4C3)C2)CC1.[HH].[HH].[HH]. The van der Waals surface area contributed by atoms with Gasteiger partial charge in [0, 0.05) is 43.1 Å². The number of rotatable bonds is 10. The van der Waals surface area contributed by atoms with Crippen LogP contribution in [-0.2, 0) is 23.7 Å². The molecule has 3 aliphatic heterocycles. The molecule has 5 fully saturated rings. The van der Waals surface area contributed by atoms with E-state index >= 15 is 0 Å². The van der Waals surface area contributed by atoms with Crippen molar-refractivity contribution in [2.45, 2.75) is 94.9 Å². The van der Waals surface area contributed by atoms with Crippen molar-refractivity contribution in [2.24, 2.45) is 17.8 Å². The standard InChI is InChI=1S/C30H55N5O5.3H2/c1-34-11-9-27(10-12-34)40-28-5-2-4-26(15-28)32-20-39-19-31-16-23-7-8-24-17-35(22-38-18-25(24)14-23)29-6-3-13-37-21-33-30(29)36;;;/h23-29,31-32H,2-22H2,1H3,(H,33,36);3*1H. The molecule has 6 unspecified atom stereocenters. The lowest BCUT2D eigenvalue weighted by Gasteiger charge is -2.37. The molecule has 0 aromatic heterocycles. The molecule has 1 amide bonds. The Labute approximate surface area is 246 Å². The van der Waals surface area contributed by atoms with Gasteiger partial charge in [0.2, 0.25) is 5.91 Å². The molecule has 0 radical (unpaired) electrons. The zero-order valence-electron chi connectivity index (χ0n) is 24.8. The summed E-state index contributed by atoms with van der Waals surface area (Å²) in [6.07, 6.45) is 13.3. The molecule has 10 heteroatoms. The van der Waals surface area contributed by atoms with Crippen molar-refractivity contribution in [1.29, 1.82) is 0 Å². The van der Waals surface area contributed by atoms with Gasteiger partial charge in [0.1, 0.15) is 6.73 Å². The topological polar surface area (TPSA) is 96.6 Å². The van der Waals surface area contributed by atoms with E-state index in [9.17, 15) is 4.79 Å². The summed E-state index contributed by atoms with van der Waals surface area (Å²) in [5.74, 6) is 1.92. The number of nitrogens with one attached hydrogen (secondary N) is 3. The molecular weight excluding hydrogens is 510 g/mol. The quantitative estimate of drug-likeness (QED) is 0.270. The van der Waals surface area contributed by atoms with E-state index in [2.05, 4.69) is 32.8 Å². The van der Waals surface area contributed by atoms with Gasteiger partial charge in [-0.2, -0.15) is 0 Å². The first-order valence-corrected chi connectivity index (χ1v) is 16.2. The third-order valence-electron chi connectivity index (χ3n) is 9.95. The van der Waals surface area contributed by atoms with Crippen LogP contribution in [0.25, 0.3) is 0 Å². The summed E-state index contributed by atoms with van der Waals surface area (Å²) in [4.78, 5) is 17.3. The zero-order valence-corrected chi connectivity index (χ0v) is 24.8. The van der Waals surface area contributed by atoms with Crippen LogP contribution < -0.4 is 16.0 Å². The molecule has 0 aromatic carbocycles. The molecule has 2 aliphatic carbocycles. The Morgan fingerprint density at radius 3 is 2.77 bits per heavy atom. The van der Waals surface area contributed by atoms with E-state index < -0.39 is 0 Å². The van der Waals surface area contributed by atoms with E-state index in [0.717, 1.165) is 52.0 Å². The van der Waals surface area contributed by atoms with Crippen LogP contribution >= 0.6 is 0 Å². The predicted molar refractivity (Wildman–Crippen MR) is 160 cm³/mol. The van der Waals surface area contributed by atoms with Crippen LogP contribution in [0.4, 0.5) is 0 Å². The highest BCUT2D eigenvalue weighted by Crippen LogP contribution is 2.36. The number of likely N-dealkylation sites (tertiary alicyclic amines) is 1. The number of fused-ring (bicyclic) bond motifs is 1. The van der Waals surface area contributed by atoms with E-state index in [1.807, 2.05) is 0 Å². The summed E-state index contributed by atoms with van der Waals surface area (Å²) < 4.78 is 23.9. The Morgan fingerprint density at radius 2 is 1.88 bits per heavy atom. The van der Waals surface area contributed by atoms with Crippen molar-refractivity contribution in [3.8, 4) is 0 Å². The van der Waals surface area contributed by atoms with Crippen molar-refractivity contribution >= 4 is 5.91 Å². The molecule has 0 bridgehead atoms. The Hall–Kier alpha value is -0.850. The van der Waals surface area contributed by atoms with Crippen LogP contribution in [0.15, 0.2) is 0 Å². The van der Waals surface area contributed by atoms with Crippen molar-refractivity contribution in [3.63, 3.8) is 0 Å². The lowest BCUT2D eigenvalue weighted by Crippen LogP contribution is -2.50. The van der Waals surface area contributed by atoms with Gasteiger partial charge in [-0.05, 0) is 95.4 Å². The number of hydrogen-bond donors (Lipinski definition) is 3. The second kappa shape index (κ2) is 16.1. The molecule has 3 N–H and O–H groups in total. The summed E-state index contributed by atoms with van der Waals surface area (Å²) in [6, 6.07) is 0.399. The lowest BCUT2D eigenvalue weighted by molar-refractivity contribution is -0.132. The molecule has 3 saturated heterocycles. The third-order valence-corrected chi connectivity index (χ3v) is 9.95. The number of amides is 1. The highest BCUT2D eigenvalue weighted by molar-refractivity contribution is 5.81. The lowest BCUT2D eigenvalue weighted by atomic mass is 9.74. The van der Waals surface area contributed by atoms with Crippen molar-refractivity contribution in [3.05, 3.63) is 0 Å². The Morgan fingerprint density at radius 1 is 0.975 bits per heavy atom. The maximum Gasteiger partial charge on any atom is 0.239 e. The molecular formula is C30H61N5O5. The fraction of sp³-hybridized carbons (Fsp3) is 0.967. The van der Waals surface area contributed by atoms with Gasteiger partial charge in [-0.3, -0.25) is 20.3 Å². The van der Waals surface area contributed by atoms with Crippen molar-refractivity contribution in [2.75, 3.05) is 73.4 Å². The van der Waals surface area contributed by atoms with E-state index in [-0.39, 0.29) is 16.2 Å². The van der Waals surface area contributed by atoms with Crippen LogP contribution in [0.1, 0.15) is 74.9 Å². The van der Waals surface area contributed by atoms with Gasteiger partial charge in [0.05, 0.1) is 45.0 Å². The molecule has 40 heavy (non-hydrogen) atoms. The highest BCUT2D eigenvalue weighted by Gasteiger charge is 2.37. The van der Waals surface area contributed by atoms with Crippen LogP contribution in [0.2, 0.25) is 0 Å². The molecule has 2 saturated carbocycles. The second-order valence-electron chi connectivity index (χ2n) is 13.0. The highest BCUT2D eigenvalue weighted by atomic mass is 16.5. The van der Waals surface area contributed by atoms with Crippen LogP contribution in [0, 0.1) is 17.8 Å². The first-order valence-electron chi connectivity index (χ1n) is 16.2. The van der Waals surface area contributed by atoms with Gasteiger partial charge >= 0.3 is 0 Å². The maximum absolute atomic E-state index is 12.7. The summed E-state index contributed by atoms with van der Waals surface area (Å²) >= 11 is 0. The molecule has 0 aromatic rings. The fourth-order valence-corrected chi connectivity index (χ4v) is 7.53. The van der Waals surface area contributed by atoms with E-state index in [1.165, 1.54) is 51.4 Å². The molecule has 5 rings (SSSR count). The Bertz CT molecular complexity index is 770. The minimum atomic E-state index is -0.0982. The normalized spacial score (nSPS) is 35.8. The van der Waals surface area contributed by atoms with Crippen molar-refractivity contribution < 1.29 is 28.0 Å². The Balaban J connectivity index is 0.00000215. The van der Waals surface area contributed by atoms with Crippen LogP contribution in [0.3, 0.4) is 0 Å². The average Bonchev–Trinajstić information content (AvgIpc) is 3.16. The molecule has 3 heterocycles. The number of piperidine rings is 1. The summed E-state index contributed by atoms with van der Waals surface area (Å²) in [6.45, 7) is 7.85. The van der Waals surface area contributed by atoms with E-state index in [0.29, 0.717) is 69.5 Å². The zero-order chi connectivity index (χ0) is 27.6. The number of carbonyl (C=O) groups is 1. The fourth-order valence-electron chi connectivity index (χ4n) is 7.53. The minimum Gasteiger partial charge on any atom is -0.375 e. The van der Waals surface area contributed by atoms with Crippen LogP contribution in [0.5, 0.6) is 0 Å². The van der Waals surface area contributed by atoms with Gasteiger partial charge < -0.3 is 29.2 Å².